The van der Waals surface area contributed by atoms with E-state index in [1.54, 1.807) is 0 Å². The van der Waals surface area contributed by atoms with Gasteiger partial charge in [-0.15, -0.1) is 0 Å². The van der Waals surface area contributed by atoms with Gasteiger partial charge in [-0.3, -0.25) is 0 Å². The van der Waals surface area contributed by atoms with Gasteiger partial charge in [0.15, 0.2) is 0 Å². The normalized spacial score (nSPS) is 20.5. The van der Waals surface area contributed by atoms with E-state index < -0.39 is 0 Å². The molecule has 90 valence electrons. The Balaban J connectivity index is 2.06. The molecule has 17 heavy (non-hydrogen) atoms. The fourth-order valence-corrected chi connectivity index (χ4v) is 2.97. The Morgan fingerprint density at radius 2 is 1.94 bits per heavy atom. The van der Waals surface area contributed by atoms with Gasteiger partial charge >= 0.3 is 0 Å². The van der Waals surface area contributed by atoms with E-state index in [0.717, 1.165) is 17.9 Å². The van der Waals surface area contributed by atoms with Gasteiger partial charge in [0.2, 0.25) is 0 Å². The van der Waals surface area contributed by atoms with Gasteiger partial charge in [-0.1, -0.05) is 39.0 Å². The summed E-state index contributed by atoms with van der Waals surface area (Å²) in [5.41, 5.74) is 2.93. The quantitative estimate of drug-likeness (QED) is 0.643. The minimum Gasteiger partial charge on any atom is -0.461 e. The van der Waals surface area contributed by atoms with E-state index in [1.165, 1.54) is 29.6 Å². The van der Waals surface area contributed by atoms with Crippen LogP contribution in [0.4, 0.5) is 0 Å². The van der Waals surface area contributed by atoms with Crippen molar-refractivity contribution in [2.24, 2.45) is 11.3 Å². The predicted octanol–water partition coefficient (Wildman–Crippen LogP) is 4.58. The van der Waals surface area contributed by atoms with E-state index in [9.17, 15) is 0 Å². The number of hydrogen-bond acceptors (Lipinski definition) is 1. The Bertz CT molecular complexity index is 542. The van der Waals surface area contributed by atoms with Gasteiger partial charge in [0.1, 0.15) is 11.3 Å². The van der Waals surface area contributed by atoms with Crippen LogP contribution in [0.5, 0.6) is 0 Å². The zero-order valence-corrected chi connectivity index (χ0v) is 10.9. The Hall–Kier alpha value is -1.24. The first kappa shape index (κ1) is 10.9. The van der Waals surface area contributed by atoms with Gasteiger partial charge in [0.25, 0.3) is 0 Å². The molecular formula is C16H20O. The molecule has 0 N–H and O–H groups in total. The van der Waals surface area contributed by atoms with E-state index in [0.29, 0.717) is 5.41 Å². The molecule has 1 nitrogen and oxygen atoms in total. The van der Waals surface area contributed by atoms with E-state index >= 15 is 0 Å². The molecule has 1 aromatic carbocycles. The summed E-state index contributed by atoms with van der Waals surface area (Å²) >= 11 is 0. The molecule has 1 aliphatic carbocycles. The second-order valence-electron chi connectivity index (χ2n) is 6.31. The molecular weight excluding hydrogens is 208 g/mol. The highest BCUT2D eigenvalue weighted by molar-refractivity contribution is 5.82. The summed E-state index contributed by atoms with van der Waals surface area (Å²) in [5.74, 6) is 2.00. The summed E-state index contributed by atoms with van der Waals surface area (Å²) in [6.45, 7) is 7.06. The fraction of sp³-hybridized carbons (Fsp3) is 0.500. The average Bonchev–Trinajstić information content (AvgIpc) is 2.65. The zero-order valence-electron chi connectivity index (χ0n) is 10.9. The molecule has 0 amide bonds. The number of furan rings is 1. The van der Waals surface area contributed by atoms with Crippen LogP contribution in [0, 0.1) is 11.3 Å². The lowest BCUT2D eigenvalue weighted by atomic mass is 9.72. The molecule has 0 spiro atoms. The molecule has 0 saturated heterocycles. The van der Waals surface area contributed by atoms with Crippen molar-refractivity contribution in [1.29, 1.82) is 0 Å². The first-order valence-electron chi connectivity index (χ1n) is 6.55. The maximum absolute atomic E-state index is 5.95. The molecule has 0 saturated carbocycles. The molecule has 1 aliphatic rings. The Morgan fingerprint density at radius 3 is 2.71 bits per heavy atom. The Labute approximate surface area is 103 Å². The van der Waals surface area contributed by atoms with E-state index in [4.69, 9.17) is 4.42 Å². The van der Waals surface area contributed by atoms with Crippen molar-refractivity contribution in [2.75, 3.05) is 0 Å². The monoisotopic (exact) mass is 228 g/mol. The van der Waals surface area contributed by atoms with Gasteiger partial charge < -0.3 is 4.42 Å². The van der Waals surface area contributed by atoms with Gasteiger partial charge in [-0.05, 0) is 30.2 Å². The molecule has 2 aromatic rings. The van der Waals surface area contributed by atoms with Crippen LogP contribution in [0.15, 0.2) is 28.7 Å². The fourth-order valence-electron chi connectivity index (χ4n) is 2.97. The molecule has 0 aliphatic heterocycles. The molecule has 3 rings (SSSR count). The first-order chi connectivity index (χ1) is 8.05. The second-order valence-corrected chi connectivity index (χ2v) is 6.31. The summed E-state index contributed by atoms with van der Waals surface area (Å²) in [6, 6.07) is 8.44. The van der Waals surface area contributed by atoms with Crippen molar-refractivity contribution < 1.29 is 4.42 Å². The molecule has 1 heteroatoms. The number of benzene rings is 1. The summed E-state index contributed by atoms with van der Waals surface area (Å²) in [6.07, 6.45) is 3.54. The van der Waals surface area contributed by atoms with E-state index in [-0.39, 0.29) is 0 Å². The van der Waals surface area contributed by atoms with Crippen molar-refractivity contribution >= 4 is 11.0 Å². The standard InChI is InChI=1S/C16H20O/c1-16(2,3)11-8-9-15-13(10-11)12-6-4-5-7-14(12)17-15/h4-7,11H,8-10H2,1-3H3. The van der Waals surface area contributed by atoms with Gasteiger partial charge in [-0.25, -0.2) is 0 Å². The lowest BCUT2D eigenvalue weighted by Gasteiger charge is -2.33. The van der Waals surface area contributed by atoms with Crippen LogP contribution in [-0.2, 0) is 12.8 Å². The van der Waals surface area contributed by atoms with Crippen LogP contribution in [0.25, 0.3) is 11.0 Å². The maximum atomic E-state index is 5.95. The van der Waals surface area contributed by atoms with Crippen molar-refractivity contribution in [2.45, 2.75) is 40.0 Å². The lowest BCUT2D eigenvalue weighted by Crippen LogP contribution is -2.26. The number of fused-ring (bicyclic) bond motifs is 3. The summed E-state index contributed by atoms with van der Waals surface area (Å²) in [5, 5.41) is 1.33. The predicted molar refractivity (Wildman–Crippen MR) is 71.2 cm³/mol. The smallest absolute Gasteiger partial charge is 0.134 e. The Morgan fingerprint density at radius 1 is 1.18 bits per heavy atom. The van der Waals surface area contributed by atoms with Crippen LogP contribution in [0.3, 0.4) is 0 Å². The molecule has 1 unspecified atom stereocenters. The molecule has 0 bridgehead atoms. The highest BCUT2D eigenvalue weighted by Gasteiger charge is 2.31. The number of rotatable bonds is 0. The van der Waals surface area contributed by atoms with E-state index in [2.05, 4.69) is 45.0 Å². The highest BCUT2D eigenvalue weighted by Crippen LogP contribution is 2.40. The third-order valence-electron chi connectivity index (χ3n) is 4.18. The second kappa shape index (κ2) is 3.63. The van der Waals surface area contributed by atoms with Gasteiger partial charge in [0, 0.05) is 17.4 Å². The SMILES string of the molecule is CC(C)(C)C1CCc2oc3ccccc3c2C1. The molecule has 0 fully saturated rings. The topological polar surface area (TPSA) is 13.1 Å². The highest BCUT2D eigenvalue weighted by atomic mass is 16.3. The Kier molecular flexibility index (Phi) is 2.32. The third kappa shape index (κ3) is 1.78. The summed E-state index contributed by atoms with van der Waals surface area (Å²) in [4.78, 5) is 0. The van der Waals surface area contributed by atoms with Crippen LogP contribution >= 0.6 is 0 Å². The molecule has 0 radical (unpaired) electrons. The number of para-hydroxylation sites is 1. The molecule has 1 heterocycles. The van der Waals surface area contributed by atoms with Gasteiger partial charge in [0.05, 0.1) is 0 Å². The lowest BCUT2D eigenvalue weighted by molar-refractivity contribution is 0.210. The zero-order chi connectivity index (χ0) is 12.0. The van der Waals surface area contributed by atoms with Crippen molar-refractivity contribution in [3.63, 3.8) is 0 Å². The van der Waals surface area contributed by atoms with Gasteiger partial charge in [-0.2, -0.15) is 0 Å². The molecule has 1 aromatic heterocycles. The van der Waals surface area contributed by atoms with Crippen LogP contribution in [-0.4, -0.2) is 0 Å². The largest absolute Gasteiger partial charge is 0.461 e. The maximum Gasteiger partial charge on any atom is 0.134 e. The minimum absolute atomic E-state index is 0.399. The number of aryl methyl sites for hydroxylation is 1. The first-order valence-corrected chi connectivity index (χ1v) is 6.55. The summed E-state index contributed by atoms with van der Waals surface area (Å²) < 4.78 is 5.95. The van der Waals surface area contributed by atoms with Crippen molar-refractivity contribution in [3.8, 4) is 0 Å². The van der Waals surface area contributed by atoms with E-state index in [1.807, 2.05) is 0 Å². The minimum atomic E-state index is 0.399. The summed E-state index contributed by atoms with van der Waals surface area (Å²) in [7, 11) is 0. The van der Waals surface area contributed by atoms with Crippen LogP contribution in [0.1, 0.15) is 38.5 Å². The average molecular weight is 228 g/mol. The van der Waals surface area contributed by atoms with Crippen LogP contribution < -0.4 is 0 Å². The number of hydrogen-bond donors (Lipinski definition) is 0. The molecule has 1 atom stereocenters. The third-order valence-corrected chi connectivity index (χ3v) is 4.18. The van der Waals surface area contributed by atoms with Crippen molar-refractivity contribution in [3.05, 3.63) is 35.6 Å². The van der Waals surface area contributed by atoms with Crippen LogP contribution in [0.2, 0.25) is 0 Å². The van der Waals surface area contributed by atoms with Crippen molar-refractivity contribution in [1.82, 2.24) is 0 Å².